The van der Waals surface area contributed by atoms with Gasteiger partial charge in [-0.2, -0.15) is 0 Å². The summed E-state index contributed by atoms with van der Waals surface area (Å²) in [5.41, 5.74) is 5.35. The summed E-state index contributed by atoms with van der Waals surface area (Å²) in [5, 5.41) is 3.59. The van der Waals surface area contributed by atoms with Crippen LogP contribution in [0.3, 0.4) is 0 Å². The van der Waals surface area contributed by atoms with Gasteiger partial charge < -0.3 is 16.0 Å². The molecule has 2 fully saturated rings. The first-order chi connectivity index (χ1) is 7.19. The molecule has 1 saturated carbocycles. The second-order valence-electron chi connectivity index (χ2n) is 4.89. The number of primary amides is 1. The number of urea groups is 1. The van der Waals surface area contributed by atoms with Gasteiger partial charge in [0.25, 0.3) is 0 Å². The lowest BCUT2D eigenvalue weighted by Crippen LogP contribution is -2.53. The number of hydrogen-bond donors (Lipinski definition) is 2. The van der Waals surface area contributed by atoms with Crippen molar-refractivity contribution in [3.8, 4) is 0 Å². The maximum absolute atomic E-state index is 11.2. The Morgan fingerprint density at radius 1 is 1.40 bits per heavy atom. The van der Waals surface area contributed by atoms with Crippen LogP contribution >= 0.6 is 0 Å². The molecule has 0 aromatic rings. The normalized spacial score (nSPS) is 31.7. The van der Waals surface area contributed by atoms with Gasteiger partial charge in [0.15, 0.2) is 0 Å². The van der Waals surface area contributed by atoms with Crippen molar-refractivity contribution in [3.05, 3.63) is 0 Å². The number of nitrogens with one attached hydrogen (secondary N) is 1. The lowest BCUT2D eigenvalue weighted by Gasteiger charge is -2.37. The Kier molecular flexibility index (Phi) is 3.14. The van der Waals surface area contributed by atoms with Crippen molar-refractivity contribution in [2.24, 2.45) is 11.7 Å². The molecule has 1 aliphatic heterocycles. The zero-order valence-corrected chi connectivity index (χ0v) is 9.41. The third-order valence-corrected chi connectivity index (χ3v) is 3.47. The average Bonchev–Trinajstić information content (AvgIpc) is 3.01. The first-order valence-electron chi connectivity index (χ1n) is 5.99. The first kappa shape index (κ1) is 10.7. The highest BCUT2D eigenvalue weighted by atomic mass is 16.2. The van der Waals surface area contributed by atoms with Crippen molar-refractivity contribution in [3.63, 3.8) is 0 Å². The van der Waals surface area contributed by atoms with E-state index in [-0.39, 0.29) is 6.03 Å². The van der Waals surface area contributed by atoms with E-state index in [0.717, 1.165) is 19.5 Å². The number of hydrogen-bond acceptors (Lipinski definition) is 2. The second-order valence-corrected chi connectivity index (χ2v) is 4.89. The highest BCUT2D eigenvalue weighted by molar-refractivity contribution is 5.72. The van der Waals surface area contributed by atoms with Gasteiger partial charge in [-0.1, -0.05) is 13.3 Å². The number of carbonyl (C=O) groups is 1. The monoisotopic (exact) mass is 211 g/mol. The molecule has 86 valence electrons. The molecule has 0 aromatic carbocycles. The summed E-state index contributed by atoms with van der Waals surface area (Å²) in [6, 6.07) is 0.903. The van der Waals surface area contributed by atoms with Gasteiger partial charge in [-0.15, -0.1) is 0 Å². The van der Waals surface area contributed by atoms with Gasteiger partial charge in [0.05, 0.1) is 0 Å². The van der Waals surface area contributed by atoms with Gasteiger partial charge >= 0.3 is 6.03 Å². The van der Waals surface area contributed by atoms with Crippen LogP contribution in [0, 0.1) is 5.92 Å². The molecule has 2 rings (SSSR count). The van der Waals surface area contributed by atoms with Gasteiger partial charge in [0.2, 0.25) is 0 Å². The Balaban J connectivity index is 1.89. The molecule has 1 aliphatic carbocycles. The quantitative estimate of drug-likeness (QED) is 0.729. The SMILES string of the molecule is CCC1CC(NC2CC2)CN(C(N)=O)C1. The van der Waals surface area contributed by atoms with E-state index < -0.39 is 0 Å². The molecule has 0 spiro atoms. The summed E-state index contributed by atoms with van der Waals surface area (Å²) in [6.07, 6.45) is 4.91. The zero-order valence-electron chi connectivity index (χ0n) is 9.41. The number of likely N-dealkylation sites (tertiary alicyclic amines) is 1. The summed E-state index contributed by atoms with van der Waals surface area (Å²) < 4.78 is 0. The first-order valence-corrected chi connectivity index (χ1v) is 5.99. The Bertz CT molecular complexity index is 240. The number of amides is 2. The summed E-state index contributed by atoms with van der Waals surface area (Å²) >= 11 is 0. The van der Waals surface area contributed by atoms with Crippen LogP contribution in [-0.2, 0) is 0 Å². The summed E-state index contributed by atoms with van der Waals surface area (Å²) in [6.45, 7) is 3.82. The van der Waals surface area contributed by atoms with Crippen LogP contribution in [0.5, 0.6) is 0 Å². The smallest absolute Gasteiger partial charge is 0.314 e. The third-order valence-electron chi connectivity index (χ3n) is 3.47. The largest absolute Gasteiger partial charge is 0.351 e. The molecule has 2 aliphatic rings. The zero-order chi connectivity index (χ0) is 10.8. The van der Waals surface area contributed by atoms with Gasteiger partial charge in [-0.25, -0.2) is 4.79 Å². The Hall–Kier alpha value is -0.770. The molecule has 1 saturated heterocycles. The molecule has 2 amide bonds. The molecule has 2 atom stereocenters. The third kappa shape index (κ3) is 2.84. The van der Waals surface area contributed by atoms with E-state index in [4.69, 9.17) is 5.73 Å². The highest BCUT2D eigenvalue weighted by Crippen LogP contribution is 2.24. The summed E-state index contributed by atoms with van der Waals surface area (Å²) in [4.78, 5) is 13.0. The lowest BCUT2D eigenvalue weighted by molar-refractivity contribution is 0.150. The van der Waals surface area contributed by atoms with E-state index in [9.17, 15) is 4.79 Å². The maximum Gasteiger partial charge on any atom is 0.314 e. The van der Waals surface area contributed by atoms with E-state index >= 15 is 0 Å². The highest BCUT2D eigenvalue weighted by Gasteiger charge is 2.31. The number of nitrogens with zero attached hydrogens (tertiary/aromatic N) is 1. The Labute approximate surface area is 91.2 Å². The lowest BCUT2D eigenvalue weighted by atomic mass is 9.92. The molecule has 0 aromatic heterocycles. The van der Waals surface area contributed by atoms with E-state index in [1.165, 1.54) is 19.3 Å². The standard InChI is InChI=1S/C11H21N3O/c1-2-8-5-10(13-9-3-4-9)7-14(6-8)11(12)15/h8-10,13H,2-7H2,1H3,(H2,12,15). The second kappa shape index (κ2) is 4.39. The average molecular weight is 211 g/mol. The molecular formula is C11H21N3O. The van der Waals surface area contributed by atoms with Crippen LogP contribution in [0.1, 0.15) is 32.6 Å². The van der Waals surface area contributed by atoms with Crippen molar-refractivity contribution >= 4 is 6.03 Å². The van der Waals surface area contributed by atoms with E-state index in [0.29, 0.717) is 18.0 Å². The predicted octanol–water partition coefficient (Wildman–Crippen LogP) is 0.918. The number of nitrogens with two attached hydrogens (primary N) is 1. The van der Waals surface area contributed by atoms with Gasteiger partial charge in [0, 0.05) is 25.2 Å². The molecule has 4 heteroatoms. The topological polar surface area (TPSA) is 58.4 Å². The Morgan fingerprint density at radius 3 is 2.67 bits per heavy atom. The minimum absolute atomic E-state index is 0.268. The minimum atomic E-state index is -0.268. The van der Waals surface area contributed by atoms with Crippen LogP contribution in [-0.4, -0.2) is 36.1 Å². The maximum atomic E-state index is 11.2. The van der Waals surface area contributed by atoms with Crippen LogP contribution in [0.15, 0.2) is 0 Å². The van der Waals surface area contributed by atoms with Crippen molar-refractivity contribution in [2.45, 2.75) is 44.7 Å². The van der Waals surface area contributed by atoms with Gasteiger partial charge in [-0.05, 0) is 25.2 Å². The van der Waals surface area contributed by atoms with E-state index in [1.54, 1.807) is 4.90 Å². The van der Waals surface area contributed by atoms with Crippen molar-refractivity contribution in [1.82, 2.24) is 10.2 Å². The fourth-order valence-electron chi connectivity index (χ4n) is 2.38. The van der Waals surface area contributed by atoms with Crippen molar-refractivity contribution < 1.29 is 4.79 Å². The number of carbonyl (C=O) groups excluding carboxylic acids is 1. The van der Waals surface area contributed by atoms with E-state index in [1.807, 2.05) is 0 Å². The molecule has 0 bridgehead atoms. The van der Waals surface area contributed by atoms with Crippen LogP contribution < -0.4 is 11.1 Å². The molecule has 0 radical (unpaired) electrons. The molecule has 2 unspecified atom stereocenters. The summed E-state index contributed by atoms with van der Waals surface area (Å²) in [5.74, 6) is 0.613. The molecular weight excluding hydrogens is 190 g/mol. The molecule has 1 heterocycles. The van der Waals surface area contributed by atoms with E-state index in [2.05, 4.69) is 12.2 Å². The fourth-order valence-corrected chi connectivity index (χ4v) is 2.38. The minimum Gasteiger partial charge on any atom is -0.351 e. The van der Waals surface area contributed by atoms with Crippen molar-refractivity contribution in [1.29, 1.82) is 0 Å². The number of rotatable bonds is 3. The number of piperidine rings is 1. The summed E-state index contributed by atoms with van der Waals surface area (Å²) in [7, 11) is 0. The van der Waals surface area contributed by atoms with Gasteiger partial charge in [0.1, 0.15) is 0 Å². The molecule has 3 N–H and O–H groups in total. The van der Waals surface area contributed by atoms with Crippen LogP contribution in [0.4, 0.5) is 4.79 Å². The van der Waals surface area contributed by atoms with Crippen molar-refractivity contribution in [2.75, 3.05) is 13.1 Å². The van der Waals surface area contributed by atoms with Crippen LogP contribution in [0.25, 0.3) is 0 Å². The predicted molar refractivity (Wildman–Crippen MR) is 59.5 cm³/mol. The van der Waals surface area contributed by atoms with Gasteiger partial charge in [-0.3, -0.25) is 0 Å². The molecule has 4 nitrogen and oxygen atoms in total. The Morgan fingerprint density at radius 2 is 2.13 bits per heavy atom. The van der Waals surface area contributed by atoms with Crippen LogP contribution in [0.2, 0.25) is 0 Å². The fraction of sp³-hybridized carbons (Fsp3) is 0.909. The molecule has 15 heavy (non-hydrogen) atoms.